The summed E-state index contributed by atoms with van der Waals surface area (Å²) >= 11 is 6.18. The number of hydrogen-bond donors (Lipinski definition) is 1. The van der Waals surface area contributed by atoms with Gasteiger partial charge in [0.1, 0.15) is 0 Å². The topological polar surface area (TPSA) is 42.1 Å². The first-order valence-corrected chi connectivity index (χ1v) is 6.31. The van der Waals surface area contributed by atoms with Gasteiger partial charge in [0.15, 0.2) is 5.43 Å². The third-order valence-electron chi connectivity index (χ3n) is 3.22. The van der Waals surface area contributed by atoms with E-state index in [0.717, 1.165) is 16.6 Å². The van der Waals surface area contributed by atoms with E-state index < -0.39 is 0 Å². The van der Waals surface area contributed by atoms with Crippen LogP contribution >= 0.6 is 11.6 Å². The first-order chi connectivity index (χ1) is 9.22. The molecule has 1 N–H and O–H groups in total. The lowest BCUT2D eigenvalue weighted by Gasteiger charge is -2.09. The van der Waals surface area contributed by atoms with Gasteiger partial charge in [-0.1, -0.05) is 23.7 Å². The number of rotatable bonds is 2. The van der Waals surface area contributed by atoms with E-state index in [-0.39, 0.29) is 5.43 Å². The van der Waals surface area contributed by atoms with Crippen LogP contribution in [-0.2, 0) is 11.3 Å². The second-order valence-corrected chi connectivity index (χ2v) is 4.79. The lowest BCUT2D eigenvalue weighted by Crippen LogP contribution is -2.06. The molecule has 0 unspecified atom stereocenters. The van der Waals surface area contributed by atoms with Gasteiger partial charge in [0.2, 0.25) is 0 Å². The van der Waals surface area contributed by atoms with E-state index in [2.05, 4.69) is 4.98 Å². The van der Waals surface area contributed by atoms with Crippen molar-refractivity contribution in [2.24, 2.45) is 0 Å². The minimum absolute atomic E-state index is 0.0124. The Morgan fingerprint density at radius 3 is 2.74 bits per heavy atom. The van der Waals surface area contributed by atoms with Gasteiger partial charge in [-0.2, -0.15) is 0 Å². The van der Waals surface area contributed by atoms with Gasteiger partial charge in [-0.15, -0.1) is 0 Å². The standard InChI is InChI=1S/C15H12ClNO2/c1-19-8-11-12(16)7-6-10-14(11)17-13-5-3-2-4-9(13)15(10)18/h2-7H,8H2,1H3,(H,17,18). The number of ether oxygens (including phenoxy) is 1. The monoisotopic (exact) mass is 273 g/mol. The predicted molar refractivity (Wildman–Crippen MR) is 77.8 cm³/mol. The van der Waals surface area contributed by atoms with Gasteiger partial charge in [-0.3, -0.25) is 4.79 Å². The van der Waals surface area contributed by atoms with Crippen molar-refractivity contribution in [1.82, 2.24) is 4.98 Å². The summed E-state index contributed by atoms with van der Waals surface area (Å²) in [7, 11) is 1.61. The summed E-state index contributed by atoms with van der Waals surface area (Å²) in [6, 6.07) is 10.9. The van der Waals surface area contributed by atoms with E-state index in [0.29, 0.717) is 22.4 Å². The highest BCUT2D eigenvalue weighted by atomic mass is 35.5. The Balaban J connectivity index is 2.50. The van der Waals surface area contributed by atoms with Crippen LogP contribution in [0.25, 0.3) is 21.8 Å². The minimum atomic E-state index is 0.0124. The molecule has 1 aromatic heterocycles. The third-order valence-corrected chi connectivity index (χ3v) is 3.57. The molecule has 3 aromatic rings. The number of H-pyrrole nitrogens is 1. The average molecular weight is 274 g/mol. The Hall–Kier alpha value is -1.84. The molecule has 2 aromatic carbocycles. The number of methoxy groups -OCH3 is 1. The number of aromatic amines is 1. The van der Waals surface area contributed by atoms with Crippen molar-refractivity contribution in [3.8, 4) is 0 Å². The molecule has 3 rings (SSSR count). The van der Waals surface area contributed by atoms with Crippen molar-refractivity contribution in [1.29, 1.82) is 0 Å². The third kappa shape index (κ3) is 1.91. The fraction of sp³-hybridized carbons (Fsp3) is 0.133. The molecular weight excluding hydrogens is 262 g/mol. The Kier molecular flexibility index (Phi) is 3.01. The number of nitrogens with one attached hydrogen (secondary N) is 1. The largest absolute Gasteiger partial charge is 0.380 e. The molecular formula is C15H12ClNO2. The van der Waals surface area contributed by atoms with Crippen molar-refractivity contribution in [3.05, 3.63) is 57.2 Å². The highest BCUT2D eigenvalue weighted by molar-refractivity contribution is 6.32. The number of benzene rings is 2. The molecule has 1 heterocycles. The van der Waals surface area contributed by atoms with E-state index >= 15 is 0 Å². The summed E-state index contributed by atoms with van der Waals surface area (Å²) in [4.78, 5) is 15.7. The van der Waals surface area contributed by atoms with Crippen LogP contribution in [0.2, 0.25) is 5.02 Å². The summed E-state index contributed by atoms with van der Waals surface area (Å²) < 4.78 is 5.16. The van der Waals surface area contributed by atoms with Crippen LogP contribution in [0.1, 0.15) is 5.56 Å². The number of pyridine rings is 1. The molecule has 0 fully saturated rings. The predicted octanol–water partition coefficient (Wildman–Crippen LogP) is 3.48. The molecule has 19 heavy (non-hydrogen) atoms. The van der Waals surface area contributed by atoms with E-state index in [1.165, 1.54) is 0 Å². The smallest absolute Gasteiger partial charge is 0.197 e. The second kappa shape index (κ2) is 4.68. The molecule has 0 saturated heterocycles. The molecule has 4 heteroatoms. The summed E-state index contributed by atoms with van der Waals surface area (Å²) in [6.07, 6.45) is 0. The molecule has 0 saturated carbocycles. The quantitative estimate of drug-likeness (QED) is 0.726. The Bertz CT molecular complexity index is 823. The van der Waals surface area contributed by atoms with Crippen molar-refractivity contribution >= 4 is 33.4 Å². The molecule has 0 radical (unpaired) electrons. The van der Waals surface area contributed by atoms with E-state index in [4.69, 9.17) is 16.3 Å². The number of aromatic nitrogens is 1. The first kappa shape index (κ1) is 12.2. The van der Waals surface area contributed by atoms with Gasteiger partial charge in [0, 0.05) is 34.0 Å². The minimum Gasteiger partial charge on any atom is -0.380 e. The average Bonchev–Trinajstić information content (AvgIpc) is 2.43. The van der Waals surface area contributed by atoms with Gasteiger partial charge in [-0.05, 0) is 24.3 Å². The zero-order valence-electron chi connectivity index (χ0n) is 10.4. The maximum absolute atomic E-state index is 12.5. The van der Waals surface area contributed by atoms with Crippen molar-refractivity contribution in [2.45, 2.75) is 6.61 Å². The van der Waals surface area contributed by atoms with Gasteiger partial charge >= 0.3 is 0 Å². The number of fused-ring (bicyclic) bond motifs is 2. The van der Waals surface area contributed by atoms with Crippen LogP contribution in [0.4, 0.5) is 0 Å². The molecule has 0 aliphatic rings. The fourth-order valence-corrected chi connectivity index (χ4v) is 2.52. The van der Waals surface area contributed by atoms with Gasteiger partial charge in [-0.25, -0.2) is 0 Å². The summed E-state index contributed by atoms with van der Waals surface area (Å²) in [5.41, 5.74) is 2.38. The van der Waals surface area contributed by atoms with Gasteiger partial charge < -0.3 is 9.72 Å². The zero-order valence-corrected chi connectivity index (χ0v) is 11.1. The van der Waals surface area contributed by atoms with Gasteiger partial charge in [0.25, 0.3) is 0 Å². The van der Waals surface area contributed by atoms with Gasteiger partial charge in [0.05, 0.1) is 12.1 Å². The summed E-state index contributed by atoms with van der Waals surface area (Å²) in [5, 5.41) is 1.91. The molecule has 0 aliphatic heterocycles. The van der Waals surface area contributed by atoms with E-state index in [1.807, 2.05) is 24.3 Å². The number of halogens is 1. The second-order valence-electron chi connectivity index (χ2n) is 4.38. The van der Waals surface area contributed by atoms with Crippen LogP contribution in [0.15, 0.2) is 41.2 Å². The van der Waals surface area contributed by atoms with Crippen LogP contribution in [0.3, 0.4) is 0 Å². The number of para-hydroxylation sites is 1. The Morgan fingerprint density at radius 2 is 1.95 bits per heavy atom. The van der Waals surface area contributed by atoms with Crippen LogP contribution in [0.5, 0.6) is 0 Å². The molecule has 0 bridgehead atoms. The Morgan fingerprint density at radius 1 is 1.16 bits per heavy atom. The highest BCUT2D eigenvalue weighted by Crippen LogP contribution is 2.25. The van der Waals surface area contributed by atoms with Crippen molar-refractivity contribution < 1.29 is 4.74 Å². The lowest BCUT2D eigenvalue weighted by atomic mass is 10.1. The molecule has 0 aliphatic carbocycles. The molecule has 96 valence electrons. The van der Waals surface area contributed by atoms with Crippen molar-refractivity contribution in [3.63, 3.8) is 0 Å². The maximum atomic E-state index is 12.5. The van der Waals surface area contributed by atoms with E-state index in [1.54, 1.807) is 19.2 Å². The molecule has 0 spiro atoms. The number of hydrogen-bond acceptors (Lipinski definition) is 2. The van der Waals surface area contributed by atoms with Crippen LogP contribution in [0, 0.1) is 0 Å². The Labute approximate surface area is 114 Å². The van der Waals surface area contributed by atoms with E-state index in [9.17, 15) is 4.79 Å². The summed E-state index contributed by atoms with van der Waals surface area (Å²) in [5.74, 6) is 0. The zero-order chi connectivity index (χ0) is 13.4. The lowest BCUT2D eigenvalue weighted by molar-refractivity contribution is 0.186. The highest BCUT2D eigenvalue weighted by Gasteiger charge is 2.11. The van der Waals surface area contributed by atoms with Crippen molar-refractivity contribution in [2.75, 3.05) is 7.11 Å². The fourth-order valence-electron chi connectivity index (χ4n) is 2.31. The first-order valence-electron chi connectivity index (χ1n) is 5.93. The normalized spacial score (nSPS) is 11.3. The maximum Gasteiger partial charge on any atom is 0.197 e. The molecule has 0 amide bonds. The molecule has 0 atom stereocenters. The molecule has 3 nitrogen and oxygen atoms in total. The summed E-state index contributed by atoms with van der Waals surface area (Å²) in [6.45, 7) is 0.366. The van der Waals surface area contributed by atoms with Crippen LogP contribution in [-0.4, -0.2) is 12.1 Å². The SMILES string of the molecule is COCc1c(Cl)ccc2c(=O)c3ccccc3[nH]c12. The van der Waals surface area contributed by atoms with Crippen LogP contribution < -0.4 is 5.43 Å².